The summed E-state index contributed by atoms with van der Waals surface area (Å²) in [6, 6.07) is 0. The molecule has 0 saturated heterocycles. The van der Waals surface area contributed by atoms with Gasteiger partial charge >= 0.3 is 35.5 Å². The Hall–Kier alpha value is 0.720. The van der Waals surface area contributed by atoms with Gasteiger partial charge < -0.3 is 9.40 Å². The van der Waals surface area contributed by atoms with Gasteiger partial charge in [0.15, 0.2) is 0 Å². The SMILES string of the molecule is CC(O)C(=O)OCl.[NaH]. The molecule has 0 heterocycles. The summed E-state index contributed by atoms with van der Waals surface area (Å²) < 4.78 is 3.59. The summed E-state index contributed by atoms with van der Waals surface area (Å²) >= 11 is 4.54. The van der Waals surface area contributed by atoms with E-state index in [1.165, 1.54) is 6.92 Å². The average Bonchev–Trinajstić information content (AvgIpc) is 1.65. The fourth-order valence-corrected chi connectivity index (χ4v) is 0.193. The van der Waals surface area contributed by atoms with Gasteiger partial charge in [0.05, 0.1) is 0 Å². The second-order valence-electron chi connectivity index (χ2n) is 1.07. The van der Waals surface area contributed by atoms with Gasteiger partial charge in [0.2, 0.25) is 0 Å². The van der Waals surface area contributed by atoms with E-state index in [-0.39, 0.29) is 29.6 Å². The molecule has 0 rings (SSSR count). The summed E-state index contributed by atoms with van der Waals surface area (Å²) in [4.78, 5) is 9.91. The maximum absolute atomic E-state index is 9.91. The predicted octanol–water partition coefficient (Wildman–Crippen LogP) is -0.584. The topological polar surface area (TPSA) is 46.5 Å². The van der Waals surface area contributed by atoms with Crippen molar-refractivity contribution < 1.29 is 14.2 Å². The van der Waals surface area contributed by atoms with E-state index in [2.05, 4.69) is 16.2 Å². The monoisotopic (exact) mass is 148 g/mol. The molecule has 0 radical (unpaired) electrons. The molecule has 1 N–H and O–H groups in total. The molecule has 0 aliphatic rings. The summed E-state index contributed by atoms with van der Waals surface area (Å²) in [5.74, 6) is -0.832. The molecule has 8 heavy (non-hydrogen) atoms. The van der Waals surface area contributed by atoms with Crippen LogP contribution in [0.2, 0.25) is 0 Å². The Morgan fingerprint density at radius 2 is 2.25 bits per heavy atom. The van der Waals surface area contributed by atoms with Crippen LogP contribution in [-0.4, -0.2) is 46.7 Å². The van der Waals surface area contributed by atoms with Gasteiger partial charge in [0.25, 0.3) is 0 Å². The molecule has 0 aromatic rings. The quantitative estimate of drug-likeness (QED) is 0.506. The number of halogens is 1. The number of aliphatic hydroxyl groups excluding tert-OH is 1. The fourth-order valence-electron chi connectivity index (χ4n) is 0.0645. The van der Waals surface area contributed by atoms with Gasteiger partial charge in [-0.3, -0.25) is 0 Å². The zero-order chi connectivity index (χ0) is 5.86. The van der Waals surface area contributed by atoms with Crippen molar-refractivity contribution in [3.8, 4) is 0 Å². The van der Waals surface area contributed by atoms with Crippen LogP contribution in [0.15, 0.2) is 0 Å². The third-order valence-electron chi connectivity index (χ3n) is 0.417. The standard InChI is InChI=1S/C3H5ClO3.Na.H/c1-2(5)3(6)7-4;;/h2,5H,1H3;;. The molecule has 0 bridgehead atoms. The van der Waals surface area contributed by atoms with Crippen LogP contribution < -0.4 is 0 Å². The molecule has 0 aliphatic heterocycles. The van der Waals surface area contributed by atoms with E-state index < -0.39 is 12.1 Å². The first-order valence-corrected chi connectivity index (χ1v) is 2.00. The predicted molar refractivity (Wildman–Crippen MR) is 30.8 cm³/mol. The Kier molecular flexibility index (Phi) is 8.41. The van der Waals surface area contributed by atoms with E-state index in [0.717, 1.165) is 0 Å². The average molecular weight is 149 g/mol. The second kappa shape index (κ2) is 5.85. The van der Waals surface area contributed by atoms with Crippen molar-refractivity contribution in [1.82, 2.24) is 0 Å². The molecule has 0 aromatic carbocycles. The summed E-state index contributed by atoms with van der Waals surface area (Å²) in [5.41, 5.74) is 0. The van der Waals surface area contributed by atoms with Crippen molar-refractivity contribution in [2.45, 2.75) is 13.0 Å². The minimum absolute atomic E-state index is 0. The van der Waals surface area contributed by atoms with Crippen LogP contribution in [0.25, 0.3) is 0 Å². The number of rotatable bonds is 1. The third kappa shape index (κ3) is 4.87. The van der Waals surface area contributed by atoms with E-state index >= 15 is 0 Å². The zero-order valence-electron chi connectivity index (χ0n) is 3.72. The molecule has 0 amide bonds. The first-order chi connectivity index (χ1) is 3.18. The second-order valence-corrected chi connectivity index (χ2v) is 1.23. The summed E-state index contributed by atoms with van der Waals surface area (Å²) in [5, 5.41) is 8.26. The van der Waals surface area contributed by atoms with Crippen LogP contribution in [0.5, 0.6) is 0 Å². The van der Waals surface area contributed by atoms with E-state index in [1.807, 2.05) is 0 Å². The normalized spacial score (nSPS) is 11.4. The van der Waals surface area contributed by atoms with Crippen LogP contribution in [0.1, 0.15) is 6.92 Å². The van der Waals surface area contributed by atoms with Gasteiger partial charge in [0, 0.05) is 0 Å². The van der Waals surface area contributed by atoms with Crippen molar-refractivity contribution in [3.63, 3.8) is 0 Å². The van der Waals surface area contributed by atoms with Crippen molar-refractivity contribution in [2.24, 2.45) is 0 Å². The van der Waals surface area contributed by atoms with Gasteiger partial charge in [-0.25, -0.2) is 4.79 Å². The molecule has 0 spiro atoms. The Bertz CT molecular complexity index is 74.9. The van der Waals surface area contributed by atoms with Gasteiger partial charge in [0.1, 0.15) is 18.0 Å². The van der Waals surface area contributed by atoms with E-state index in [0.29, 0.717) is 0 Å². The van der Waals surface area contributed by atoms with Crippen LogP contribution in [0.3, 0.4) is 0 Å². The van der Waals surface area contributed by atoms with Crippen LogP contribution in [0, 0.1) is 0 Å². The number of carbonyl (C=O) groups is 1. The summed E-state index contributed by atoms with van der Waals surface area (Å²) in [7, 11) is 0. The Labute approximate surface area is 74.4 Å². The number of hydrogen-bond acceptors (Lipinski definition) is 3. The number of hydrogen-bond donors (Lipinski definition) is 1. The molecule has 1 unspecified atom stereocenters. The molecule has 0 aromatic heterocycles. The van der Waals surface area contributed by atoms with Crippen molar-refractivity contribution >= 4 is 47.4 Å². The maximum atomic E-state index is 9.91. The van der Waals surface area contributed by atoms with Gasteiger partial charge in [-0.05, 0) is 6.92 Å². The van der Waals surface area contributed by atoms with Gasteiger partial charge in [-0.2, -0.15) is 0 Å². The van der Waals surface area contributed by atoms with Gasteiger partial charge in [-0.1, -0.05) is 0 Å². The van der Waals surface area contributed by atoms with Crippen molar-refractivity contribution in [3.05, 3.63) is 0 Å². The summed E-state index contributed by atoms with van der Waals surface area (Å²) in [6.45, 7) is 1.27. The first kappa shape index (κ1) is 11.5. The van der Waals surface area contributed by atoms with Crippen LogP contribution in [-0.2, 0) is 9.08 Å². The van der Waals surface area contributed by atoms with E-state index in [9.17, 15) is 4.79 Å². The molecule has 0 aliphatic carbocycles. The first-order valence-electron chi connectivity index (χ1n) is 1.69. The molecule has 1 atom stereocenters. The van der Waals surface area contributed by atoms with Crippen molar-refractivity contribution in [2.75, 3.05) is 0 Å². The molecule has 0 saturated carbocycles. The Balaban J connectivity index is 0. The fraction of sp³-hybridized carbons (Fsp3) is 0.667. The van der Waals surface area contributed by atoms with Crippen LogP contribution >= 0.6 is 11.9 Å². The zero-order valence-corrected chi connectivity index (χ0v) is 4.47. The number of aliphatic hydroxyl groups is 1. The molecule has 0 fully saturated rings. The Morgan fingerprint density at radius 3 is 2.25 bits per heavy atom. The number of carbonyl (C=O) groups excluding carboxylic acids is 1. The summed E-state index contributed by atoms with van der Waals surface area (Å²) in [6.07, 6.45) is -1.13. The van der Waals surface area contributed by atoms with E-state index in [1.54, 1.807) is 0 Å². The van der Waals surface area contributed by atoms with E-state index in [4.69, 9.17) is 5.11 Å². The molecule has 3 nitrogen and oxygen atoms in total. The molecule has 5 heteroatoms. The Morgan fingerprint density at radius 1 is 1.88 bits per heavy atom. The molecular formula is C3H6ClNaO3. The van der Waals surface area contributed by atoms with Gasteiger partial charge in [-0.15, -0.1) is 0 Å². The molecule has 44 valence electrons. The third-order valence-corrected chi connectivity index (χ3v) is 0.569. The van der Waals surface area contributed by atoms with Crippen LogP contribution in [0.4, 0.5) is 0 Å². The minimum atomic E-state index is -1.13. The van der Waals surface area contributed by atoms with Crippen molar-refractivity contribution in [1.29, 1.82) is 0 Å². The molecular weight excluding hydrogens is 142 g/mol.